The summed E-state index contributed by atoms with van der Waals surface area (Å²) in [5.41, 5.74) is 1.04. The normalized spacial score (nSPS) is 16.1. The van der Waals surface area contributed by atoms with Crippen LogP contribution in [0.4, 0.5) is 0 Å². The second-order valence-corrected chi connectivity index (χ2v) is 8.92. The Morgan fingerprint density at radius 1 is 1.20 bits per heavy atom. The van der Waals surface area contributed by atoms with E-state index >= 15 is 0 Å². The zero-order chi connectivity index (χ0) is 25.3. The van der Waals surface area contributed by atoms with E-state index in [-0.39, 0.29) is 18.0 Å². The van der Waals surface area contributed by atoms with Gasteiger partial charge in [-0.15, -0.1) is 5.10 Å². The molecule has 2 heterocycles. The van der Waals surface area contributed by atoms with Gasteiger partial charge in [-0.05, 0) is 49.6 Å². The first-order valence-electron chi connectivity index (χ1n) is 12.5. The fourth-order valence-electron chi connectivity index (χ4n) is 4.77. The van der Waals surface area contributed by atoms with Crippen LogP contribution in [0.5, 0.6) is 0 Å². The smallest absolute Gasteiger partial charge is 0.339 e. The van der Waals surface area contributed by atoms with Gasteiger partial charge in [0.15, 0.2) is 5.82 Å². The monoisotopic (exact) mass is 490 g/mol. The molecule has 0 amide bonds. The van der Waals surface area contributed by atoms with Crippen LogP contribution in [-0.4, -0.2) is 69.2 Å². The van der Waals surface area contributed by atoms with E-state index in [2.05, 4.69) is 20.8 Å². The number of hydrogen-bond donors (Lipinski definition) is 1. The van der Waals surface area contributed by atoms with Crippen LogP contribution >= 0.6 is 0 Å². The summed E-state index contributed by atoms with van der Waals surface area (Å²) in [4.78, 5) is 24.0. The van der Waals surface area contributed by atoms with Crippen molar-refractivity contribution in [2.24, 2.45) is 7.05 Å². The summed E-state index contributed by atoms with van der Waals surface area (Å²) in [6.07, 6.45) is 8.05. The lowest BCUT2D eigenvalue weighted by Gasteiger charge is -2.38. The molecule has 0 aliphatic heterocycles. The van der Waals surface area contributed by atoms with E-state index in [0.29, 0.717) is 44.1 Å². The lowest BCUT2D eigenvalue weighted by atomic mass is 9.84. The second kappa shape index (κ2) is 12.8. The number of ether oxygens (including phenoxy) is 3. The number of tetrazole rings is 1. The van der Waals surface area contributed by atoms with Gasteiger partial charge in [0.05, 0.1) is 24.9 Å². The Morgan fingerprint density at radius 2 is 1.97 bits per heavy atom. The number of esters is 2. The van der Waals surface area contributed by atoms with Crippen LogP contribution in [-0.2, 0) is 32.6 Å². The van der Waals surface area contributed by atoms with Crippen LogP contribution in [0.2, 0.25) is 0 Å². The zero-order valence-corrected chi connectivity index (χ0v) is 21.3. The molecule has 194 valence electrons. The molecule has 1 unspecified atom stereocenters. The maximum absolute atomic E-state index is 12.2. The molecule has 2 aromatic heterocycles. The average molecular weight is 491 g/mol. The lowest BCUT2D eigenvalue weighted by Crippen LogP contribution is -2.46. The standard InChI is InChI=1S/C24H38N6O5/c1-5-34-20(31)11-10-14-30-22(26-27-28-30)21(19-15-18(16-29(19)3)23(32)33-4)25-17-24(35-6-2)12-8-7-9-13-24/h15-16,21,25H,5-14,17H2,1-4H3. The summed E-state index contributed by atoms with van der Waals surface area (Å²) >= 11 is 0. The Morgan fingerprint density at radius 3 is 2.66 bits per heavy atom. The molecular formula is C24H38N6O5. The topological polar surface area (TPSA) is 122 Å². The minimum Gasteiger partial charge on any atom is -0.466 e. The molecule has 11 nitrogen and oxygen atoms in total. The fraction of sp³-hybridized carbons (Fsp3) is 0.708. The van der Waals surface area contributed by atoms with Crippen LogP contribution < -0.4 is 5.32 Å². The van der Waals surface area contributed by atoms with Crippen LogP contribution in [0.15, 0.2) is 12.3 Å². The van der Waals surface area contributed by atoms with Crippen LogP contribution in [0.3, 0.4) is 0 Å². The molecule has 0 radical (unpaired) electrons. The molecular weight excluding hydrogens is 452 g/mol. The molecule has 1 fully saturated rings. The minimum atomic E-state index is -0.405. The van der Waals surface area contributed by atoms with Gasteiger partial charge in [-0.3, -0.25) is 10.1 Å². The third-order valence-corrected chi connectivity index (χ3v) is 6.48. The first-order valence-corrected chi connectivity index (χ1v) is 12.5. The largest absolute Gasteiger partial charge is 0.466 e. The highest BCUT2D eigenvalue weighted by molar-refractivity contribution is 5.89. The second-order valence-electron chi connectivity index (χ2n) is 8.92. The van der Waals surface area contributed by atoms with Gasteiger partial charge in [0.25, 0.3) is 0 Å². The summed E-state index contributed by atoms with van der Waals surface area (Å²) in [6, 6.07) is 1.41. The first-order chi connectivity index (χ1) is 16.9. The van der Waals surface area contributed by atoms with Crippen LogP contribution in [0.25, 0.3) is 0 Å². The highest BCUT2D eigenvalue weighted by Gasteiger charge is 2.35. The van der Waals surface area contributed by atoms with Gasteiger partial charge in [0.2, 0.25) is 0 Å². The number of nitrogens with one attached hydrogen (secondary N) is 1. The van der Waals surface area contributed by atoms with Gasteiger partial charge in [-0.25, -0.2) is 9.48 Å². The van der Waals surface area contributed by atoms with Crippen molar-refractivity contribution in [1.29, 1.82) is 0 Å². The van der Waals surface area contributed by atoms with Gasteiger partial charge >= 0.3 is 11.9 Å². The molecule has 0 bridgehead atoms. The number of methoxy groups -OCH3 is 1. The Bertz CT molecular complexity index is 960. The van der Waals surface area contributed by atoms with Crippen molar-refractivity contribution in [3.63, 3.8) is 0 Å². The number of rotatable bonds is 13. The van der Waals surface area contributed by atoms with Crippen molar-refractivity contribution in [3.8, 4) is 0 Å². The molecule has 1 atom stereocenters. The number of aromatic nitrogens is 5. The molecule has 0 spiro atoms. The molecule has 1 aliphatic carbocycles. The highest BCUT2D eigenvalue weighted by Crippen LogP contribution is 2.32. The SMILES string of the molecule is CCOC(=O)CCCn1nnnc1C(NCC1(OCC)CCCCC1)c1cc(C(=O)OC)cn1C. The third kappa shape index (κ3) is 6.88. The van der Waals surface area contributed by atoms with Crippen molar-refractivity contribution < 1.29 is 23.8 Å². The lowest BCUT2D eigenvalue weighted by molar-refractivity contribution is -0.143. The van der Waals surface area contributed by atoms with E-state index in [1.165, 1.54) is 13.5 Å². The first kappa shape index (κ1) is 26.8. The van der Waals surface area contributed by atoms with E-state index in [4.69, 9.17) is 14.2 Å². The van der Waals surface area contributed by atoms with Crippen molar-refractivity contribution in [3.05, 3.63) is 29.3 Å². The average Bonchev–Trinajstić information content (AvgIpc) is 3.47. The van der Waals surface area contributed by atoms with Crippen molar-refractivity contribution >= 4 is 11.9 Å². The van der Waals surface area contributed by atoms with Crippen LogP contribution in [0.1, 0.15) is 86.7 Å². The molecule has 0 aromatic carbocycles. The number of hydrogen-bond acceptors (Lipinski definition) is 9. The van der Waals surface area contributed by atoms with Gasteiger partial charge < -0.3 is 18.8 Å². The summed E-state index contributed by atoms with van der Waals surface area (Å²) in [6.45, 7) is 5.91. The Labute approximate surface area is 206 Å². The molecule has 2 aromatic rings. The maximum atomic E-state index is 12.2. The van der Waals surface area contributed by atoms with Gasteiger partial charge in [-0.1, -0.05) is 19.3 Å². The summed E-state index contributed by atoms with van der Waals surface area (Å²) in [7, 11) is 3.24. The molecule has 1 saturated carbocycles. The number of aryl methyl sites for hydroxylation is 2. The summed E-state index contributed by atoms with van der Waals surface area (Å²) < 4.78 is 19.8. The number of carbonyl (C=O) groups is 2. The highest BCUT2D eigenvalue weighted by atomic mass is 16.5. The van der Waals surface area contributed by atoms with Crippen molar-refractivity contribution in [2.75, 3.05) is 26.9 Å². The van der Waals surface area contributed by atoms with E-state index in [1.807, 2.05) is 18.5 Å². The maximum Gasteiger partial charge on any atom is 0.339 e. The quantitative estimate of drug-likeness (QED) is 0.422. The number of nitrogens with zero attached hydrogens (tertiary/aromatic N) is 5. The van der Waals surface area contributed by atoms with Gasteiger partial charge in [0, 0.05) is 45.1 Å². The minimum absolute atomic E-state index is 0.238. The van der Waals surface area contributed by atoms with E-state index in [1.54, 1.807) is 23.9 Å². The predicted molar refractivity (Wildman–Crippen MR) is 128 cm³/mol. The van der Waals surface area contributed by atoms with Crippen molar-refractivity contribution in [1.82, 2.24) is 30.1 Å². The predicted octanol–water partition coefficient (Wildman–Crippen LogP) is 2.56. The molecule has 1 N–H and O–H groups in total. The summed E-state index contributed by atoms with van der Waals surface area (Å²) in [5, 5.41) is 16.1. The molecule has 0 saturated heterocycles. The Kier molecular flexibility index (Phi) is 9.79. The zero-order valence-electron chi connectivity index (χ0n) is 21.3. The van der Waals surface area contributed by atoms with E-state index in [0.717, 1.165) is 31.4 Å². The van der Waals surface area contributed by atoms with Crippen LogP contribution in [0, 0.1) is 0 Å². The Hall–Kier alpha value is -2.79. The summed E-state index contributed by atoms with van der Waals surface area (Å²) in [5.74, 6) is -0.0375. The molecule has 3 rings (SSSR count). The molecule has 11 heteroatoms. The number of carbonyl (C=O) groups excluding carboxylic acids is 2. The van der Waals surface area contributed by atoms with Crippen molar-refractivity contribution in [2.45, 2.75) is 77.0 Å². The third-order valence-electron chi connectivity index (χ3n) is 6.48. The fourth-order valence-corrected chi connectivity index (χ4v) is 4.77. The molecule has 35 heavy (non-hydrogen) atoms. The Balaban J connectivity index is 1.87. The van der Waals surface area contributed by atoms with Gasteiger partial charge in [0.1, 0.15) is 6.04 Å². The van der Waals surface area contributed by atoms with E-state index in [9.17, 15) is 9.59 Å². The van der Waals surface area contributed by atoms with E-state index < -0.39 is 12.0 Å². The van der Waals surface area contributed by atoms with Gasteiger partial charge in [-0.2, -0.15) is 0 Å². The molecule has 1 aliphatic rings.